The first-order valence-electron chi connectivity index (χ1n) is 15.8. The molecule has 6 aromatic rings. The molecule has 0 saturated heterocycles. The lowest BCUT2D eigenvalue weighted by molar-refractivity contribution is 0.462. The molecule has 2 heterocycles. The molecule has 0 amide bonds. The summed E-state index contributed by atoms with van der Waals surface area (Å²) in [5, 5.41) is 28.4. The van der Waals surface area contributed by atoms with Gasteiger partial charge in [0, 0.05) is 59.8 Å². The number of hydrogen-bond acceptors (Lipinski definition) is 4. The van der Waals surface area contributed by atoms with Gasteiger partial charge in [-0.15, -0.1) is 0 Å². The summed E-state index contributed by atoms with van der Waals surface area (Å²) in [6.07, 6.45) is 4.34. The van der Waals surface area contributed by atoms with Crippen LogP contribution in [-0.4, -0.2) is 23.3 Å². The standard InChI is InChI=1S/C40H36N2O2/c43-39-31(25-41-21-9-15-27-11-3-7-19-35(27)41)23-29-13-1-5-17-33(29)37(39)38-34-18-6-2-14-30(34)24-32(40(38)44)26-42-22-10-16-28-12-4-8-20-36(28)42/h1-8,11-14,17-20,23-24,43-44H,9-10,15-16,21-22,25-26H2. The number of anilines is 2. The fourth-order valence-corrected chi connectivity index (χ4v) is 7.50. The van der Waals surface area contributed by atoms with Gasteiger partial charge in [-0.1, -0.05) is 84.9 Å². The first-order chi connectivity index (χ1) is 21.7. The van der Waals surface area contributed by atoms with E-state index in [1.807, 2.05) is 24.3 Å². The summed E-state index contributed by atoms with van der Waals surface area (Å²) in [5.41, 5.74) is 8.35. The van der Waals surface area contributed by atoms with Gasteiger partial charge in [-0.25, -0.2) is 0 Å². The molecule has 2 N–H and O–H groups in total. The Kier molecular flexibility index (Phi) is 6.63. The molecule has 0 saturated carbocycles. The molecule has 0 unspecified atom stereocenters. The van der Waals surface area contributed by atoms with Crippen molar-refractivity contribution in [3.8, 4) is 22.6 Å². The molecule has 8 rings (SSSR count). The number of phenols is 2. The van der Waals surface area contributed by atoms with Gasteiger partial charge in [0.25, 0.3) is 0 Å². The van der Waals surface area contributed by atoms with Crippen LogP contribution in [0.2, 0.25) is 0 Å². The summed E-state index contributed by atoms with van der Waals surface area (Å²) in [7, 11) is 0. The van der Waals surface area contributed by atoms with Crippen molar-refractivity contribution in [2.45, 2.75) is 38.8 Å². The third kappa shape index (κ3) is 4.53. The molecule has 44 heavy (non-hydrogen) atoms. The Morgan fingerprint density at radius 3 is 1.39 bits per heavy atom. The van der Waals surface area contributed by atoms with E-state index in [4.69, 9.17) is 0 Å². The quantitative estimate of drug-likeness (QED) is 0.215. The summed E-state index contributed by atoms with van der Waals surface area (Å²) in [4.78, 5) is 4.77. The molecule has 0 bridgehead atoms. The molecule has 0 fully saturated rings. The van der Waals surface area contributed by atoms with Crippen molar-refractivity contribution in [2.24, 2.45) is 0 Å². The molecular weight excluding hydrogens is 540 g/mol. The smallest absolute Gasteiger partial charge is 0.129 e. The Morgan fingerprint density at radius 1 is 0.500 bits per heavy atom. The van der Waals surface area contributed by atoms with Crippen molar-refractivity contribution in [3.63, 3.8) is 0 Å². The lowest BCUT2D eigenvalue weighted by Gasteiger charge is -2.32. The number of aromatic hydroxyl groups is 2. The first-order valence-corrected chi connectivity index (χ1v) is 15.8. The highest BCUT2D eigenvalue weighted by Crippen LogP contribution is 2.48. The second kappa shape index (κ2) is 10.9. The molecule has 4 nitrogen and oxygen atoms in total. The average molecular weight is 577 g/mol. The van der Waals surface area contributed by atoms with Crippen LogP contribution in [0.4, 0.5) is 11.4 Å². The number of rotatable bonds is 5. The Morgan fingerprint density at radius 2 is 0.909 bits per heavy atom. The Labute approximate surface area is 258 Å². The molecule has 0 radical (unpaired) electrons. The molecule has 4 heteroatoms. The maximum Gasteiger partial charge on any atom is 0.129 e. The average Bonchev–Trinajstić information content (AvgIpc) is 3.06. The summed E-state index contributed by atoms with van der Waals surface area (Å²) in [5.74, 6) is 0.486. The number of para-hydroxylation sites is 2. The van der Waals surface area contributed by atoms with E-state index >= 15 is 0 Å². The van der Waals surface area contributed by atoms with Crippen LogP contribution in [0.25, 0.3) is 32.7 Å². The van der Waals surface area contributed by atoms with Crippen LogP contribution in [0.5, 0.6) is 11.5 Å². The number of benzene rings is 6. The van der Waals surface area contributed by atoms with Gasteiger partial charge in [0.1, 0.15) is 11.5 Å². The zero-order valence-electron chi connectivity index (χ0n) is 24.8. The Hall–Kier alpha value is -4.96. The lowest BCUT2D eigenvalue weighted by Crippen LogP contribution is -2.28. The molecule has 0 aliphatic carbocycles. The van der Waals surface area contributed by atoms with E-state index in [2.05, 4.69) is 94.7 Å². The van der Waals surface area contributed by atoms with Gasteiger partial charge >= 0.3 is 0 Å². The van der Waals surface area contributed by atoms with E-state index in [0.717, 1.165) is 71.4 Å². The predicted octanol–water partition coefficient (Wildman–Crippen LogP) is 8.98. The van der Waals surface area contributed by atoms with Gasteiger partial charge in [0.15, 0.2) is 0 Å². The second-order valence-electron chi connectivity index (χ2n) is 12.3. The van der Waals surface area contributed by atoms with E-state index in [-0.39, 0.29) is 11.5 Å². The number of nitrogens with zero attached hydrogens (tertiary/aromatic N) is 2. The van der Waals surface area contributed by atoms with E-state index in [9.17, 15) is 10.2 Å². The number of phenolic OH excluding ortho intramolecular Hbond substituents is 2. The Balaban J connectivity index is 1.30. The van der Waals surface area contributed by atoms with E-state index < -0.39 is 0 Å². The van der Waals surface area contributed by atoms with Gasteiger partial charge in [-0.05, 0) is 82.6 Å². The Bertz CT molecular complexity index is 1880. The van der Waals surface area contributed by atoms with Crippen LogP contribution in [-0.2, 0) is 25.9 Å². The topological polar surface area (TPSA) is 46.9 Å². The van der Waals surface area contributed by atoms with Gasteiger partial charge < -0.3 is 20.0 Å². The predicted molar refractivity (Wildman–Crippen MR) is 182 cm³/mol. The monoisotopic (exact) mass is 576 g/mol. The zero-order chi connectivity index (χ0) is 29.6. The lowest BCUT2D eigenvalue weighted by atomic mass is 9.88. The fourth-order valence-electron chi connectivity index (χ4n) is 7.50. The SMILES string of the molecule is Oc1c(CN2CCCc3ccccc32)cc2ccccc2c1-c1c(O)c(CN2CCCc3ccccc32)cc2ccccc12. The zero-order valence-corrected chi connectivity index (χ0v) is 24.8. The minimum atomic E-state index is 0.243. The van der Waals surface area contributed by atoms with Gasteiger partial charge in [-0.2, -0.15) is 0 Å². The highest BCUT2D eigenvalue weighted by molar-refractivity contribution is 6.10. The molecule has 6 aromatic carbocycles. The molecule has 2 aliphatic rings. The van der Waals surface area contributed by atoms with Crippen LogP contribution in [0.1, 0.15) is 35.1 Å². The summed E-state index contributed by atoms with van der Waals surface area (Å²) >= 11 is 0. The van der Waals surface area contributed by atoms with Crippen molar-refractivity contribution in [1.82, 2.24) is 0 Å². The third-order valence-corrected chi connectivity index (χ3v) is 9.59. The molecular formula is C40H36N2O2. The molecule has 0 aromatic heterocycles. The number of hydrogen-bond donors (Lipinski definition) is 2. The fraction of sp³-hybridized carbons (Fsp3) is 0.200. The van der Waals surface area contributed by atoms with Crippen molar-refractivity contribution >= 4 is 32.9 Å². The largest absolute Gasteiger partial charge is 0.507 e. The second-order valence-corrected chi connectivity index (χ2v) is 12.3. The molecule has 218 valence electrons. The van der Waals surface area contributed by atoms with Crippen LogP contribution < -0.4 is 9.80 Å². The minimum absolute atomic E-state index is 0.243. The van der Waals surface area contributed by atoms with Crippen molar-refractivity contribution in [2.75, 3.05) is 22.9 Å². The first kappa shape index (κ1) is 26.7. The summed E-state index contributed by atoms with van der Waals surface area (Å²) in [6.45, 7) is 3.09. The molecule has 0 spiro atoms. The highest BCUT2D eigenvalue weighted by Gasteiger charge is 2.25. The van der Waals surface area contributed by atoms with Crippen molar-refractivity contribution in [1.29, 1.82) is 0 Å². The highest BCUT2D eigenvalue weighted by atomic mass is 16.3. The van der Waals surface area contributed by atoms with Crippen molar-refractivity contribution < 1.29 is 10.2 Å². The number of aryl methyl sites for hydroxylation is 2. The van der Waals surface area contributed by atoms with Gasteiger partial charge in [0.2, 0.25) is 0 Å². The van der Waals surface area contributed by atoms with Gasteiger partial charge in [0.05, 0.1) is 0 Å². The third-order valence-electron chi connectivity index (χ3n) is 9.59. The maximum atomic E-state index is 12.2. The minimum Gasteiger partial charge on any atom is -0.507 e. The summed E-state index contributed by atoms with van der Waals surface area (Å²) in [6, 6.07) is 37.9. The number of fused-ring (bicyclic) bond motifs is 4. The summed E-state index contributed by atoms with van der Waals surface area (Å²) < 4.78 is 0. The van der Waals surface area contributed by atoms with Crippen molar-refractivity contribution in [3.05, 3.63) is 131 Å². The molecule has 2 aliphatic heterocycles. The normalized spacial score (nSPS) is 14.5. The van der Waals surface area contributed by atoms with E-state index in [1.54, 1.807) is 0 Å². The van der Waals surface area contributed by atoms with Crippen LogP contribution in [0.15, 0.2) is 109 Å². The van der Waals surface area contributed by atoms with E-state index in [1.165, 1.54) is 22.5 Å². The van der Waals surface area contributed by atoms with Crippen LogP contribution in [0.3, 0.4) is 0 Å². The van der Waals surface area contributed by atoms with Crippen LogP contribution in [0, 0.1) is 0 Å². The van der Waals surface area contributed by atoms with Crippen LogP contribution >= 0.6 is 0 Å². The van der Waals surface area contributed by atoms with Gasteiger partial charge in [-0.3, -0.25) is 0 Å². The molecule has 0 atom stereocenters. The maximum absolute atomic E-state index is 12.2. The van der Waals surface area contributed by atoms with E-state index in [0.29, 0.717) is 24.2 Å².